The molecular formula is C13H17N5O. The lowest BCUT2D eigenvalue weighted by molar-refractivity contribution is -0.116. The van der Waals surface area contributed by atoms with Crippen molar-refractivity contribution in [1.82, 2.24) is 20.1 Å². The zero-order chi connectivity index (χ0) is 13.7. The van der Waals surface area contributed by atoms with E-state index in [2.05, 4.69) is 20.8 Å². The Bertz CT molecular complexity index is 546. The Kier molecular flexibility index (Phi) is 4.25. The van der Waals surface area contributed by atoms with Gasteiger partial charge in [0.25, 0.3) is 0 Å². The van der Waals surface area contributed by atoms with Gasteiger partial charge in [-0.2, -0.15) is 0 Å². The molecule has 100 valence electrons. The number of aromatic nitrogens is 3. The van der Waals surface area contributed by atoms with Gasteiger partial charge in [-0.3, -0.25) is 4.79 Å². The normalized spacial score (nSPS) is 10.4. The third-order valence-corrected chi connectivity index (χ3v) is 2.74. The molecule has 1 aromatic heterocycles. The first kappa shape index (κ1) is 13.2. The van der Waals surface area contributed by atoms with Crippen molar-refractivity contribution in [2.75, 3.05) is 18.9 Å². The van der Waals surface area contributed by atoms with E-state index in [1.54, 1.807) is 6.33 Å². The van der Waals surface area contributed by atoms with Gasteiger partial charge in [-0.1, -0.05) is 0 Å². The Morgan fingerprint density at radius 1 is 1.32 bits per heavy atom. The zero-order valence-corrected chi connectivity index (χ0v) is 11.1. The summed E-state index contributed by atoms with van der Waals surface area (Å²) in [6, 6.07) is 7.55. The SMILES string of the molecule is CNCCC(=O)Nc1ccc(-c2nncn2C)cc1. The number of hydrogen-bond donors (Lipinski definition) is 2. The second kappa shape index (κ2) is 6.10. The minimum atomic E-state index is 0.000702. The Balaban J connectivity index is 2.03. The summed E-state index contributed by atoms with van der Waals surface area (Å²) >= 11 is 0. The molecule has 0 aliphatic heterocycles. The number of aryl methyl sites for hydroxylation is 1. The molecule has 0 spiro atoms. The van der Waals surface area contributed by atoms with Crippen LogP contribution in [0.15, 0.2) is 30.6 Å². The molecule has 2 rings (SSSR count). The summed E-state index contributed by atoms with van der Waals surface area (Å²) in [6.45, 7) is 0.670. The standard InChI is InChI=1S/C13H17N5O/c1-14-8-7-12(19)16-11-5-3-10(4-6-11)13-17-15-9-18(13)2/h3-6,9,14H,7-8H2,1-2H3,(H,16,19). The van der Waals surface area contributed by atoms with Crippen LogP contribution in [-0.4, -0.2) is 34.3 Å². The molecule has 19 heavy (non-hydrogen) atoms. The van der Waals surface area contributed by atoms with Crippen LogP contribution in [-0.2, 0) is 11.8 Å². The molecule has 1 heterocycles. The van der Waals surface area contributed by atoms with E-state index in [0.29, 0.717) is 13.0 Å². The Hall–Kier alpha value is -2.21. The third kappa shape index (κ3) is 3.38. The van der Waals surface area contributed by atoms with E-state index in [9.17, 15) is 4.79 Å². The molecule has 0 saturated carbocycles. The molecule has 6 heteroatoms. The van der Waals surface area contributed by atoms with Crippen LogP contribution in [0.1, 0.15) is 6.42 Å². The lowest BCUT2D eigenvalue weighted by Crippen LogP contribution is -2.18. The van der Waals surface area contributed by atoms with Gasteiger partial charge in [-0.05, 0) is 31.3 Å². The highest BCUT2D eigenvalue weighted by molar-refractivity contribution is 5.91. The van der Waals surface area contributed by atoms with Crippen molar-refractivity contribution in [3.8, 4) is 11.4 Å². The molecule has 2 aromatic rings. The summed E-state index contributed by atoms with van der Waals surface area (Å²) in [5, 5.41) is 13.7. The van der Waals surface area contributed by atoms with Crippen molar-refractivity contribution >= 4 is 11.6 Å². The number of anilines is 1. The van der Waals surface area contributed by atoms with Gasteiger partial charge in [0.1, 0.15) is 6.33 Å². The van der Waals surface area contributed by atoms with Crippen LogP contribution in [0.4, 0.5) is 5.69 Å². The average Bonchev–Trinajstić information content (AvgIpc) is 2.83. The van der Waals surface area contributed by atoms with Crippen LogP contribution in [0.2, 0.25) is 0 Å². The van der Waals surface area contributed by atoms with E-state index in [-0.39, 0.29) is 5.91 Å². The predicted molar refractivity (Wildman–Crippen MR) is 73.6 cm³/mol. The number of carbonyl (C=O) groups is 1. The first-order valence-electron chi connectivity index (χ1n) is 6.09. The molecule has 2 N–H and O–H groups in total. The summed E-state index contributed by atoms with van der Waals surface area (Å²) in [7, 11) is 3.71. The average molecular weight is 259 g/mol. The number of nitrogens with one attached hydrogen (secondary N) is 2. The summed E-state index contributed by atoms with van der Waals surface area (Å²) in [6.07, 6.45) is 2.12. The summed E-state index contributed by atoms with van der Waals surface area (Å²) in [4.78, 5) is 11.6. The smallest absolute Gasteiger partial charge is 0.225 e. The first-order chi connectivity index (χ1) is 9.20. The lowest BCUT2D eigenvalue weighted by atomic mass is 10.2. The van der Waals surface area contributed by atoms with E-state index in [1.165, 1.54) is 0 Å². The lowest BCUT2D eigenvalue weighted by Gasteiger charge is -2.06. The minimum Gasteiger partial charge on any atom is -0.326 e. The van der Waals surface area contributed by atoms with Crippen molar-refractivity contribution in [1.29, 1.82) is 0 Å². The maximum atomic E-state index is 11.6. The fourth-order valence-corrected chi connectivity index (χ4v) is 1.71. The highest BCUT2D eigenvalue weighted by atomic mass is 16.1. The van der Waals surface area contributed by atoms with Gasteiger partial charge in [0.05, 0.1) is 0 Å². The second-order valence-corrected chi connectivity index (χ2v) is 4.24. The minimum absolute atomic E-state index is 0.000702. The summed E-state index contributed by atoms with van der Waals surface area (Å²) in [5.74, 6) is 0.800. The number of amides is 1. The molecule has 0 saturated heterocycles. The van der Waals surface area contributed by atoms with Crippen LogP contribution in [0.5, 0.6) is 0 Å². The number of carbonyl (C=O) groups excluding carboxylic acids is 1. The summed E-state index contributed by atoms with van der Waals surface area (Å²) < 4.78 is 1.85. The van der Waals surface area contributed by atoms with Gasteiger partial charge in [-0.15, -0.1) is 10.2 Å². The molecule has 0 unspecified atom stereocenters. The fraction of sp³-hybridized carbons (Fsp3) is 0.308. The number of hydrogen-bond acceptors (Lipinski definition) is 4. The number of benzene rings is 1. The molecule has 0 aliphatic carbocycles. The molecule has 0 radical (unpaired) electrons. The number of nitrogens with zero attached hydrogens (tertiary/aromatic N) is 3. The van der Waals surface area contributed by atoms with E-state index in [1.807, 2.05) is 42.9 Å². The molecule has 6 nitrogen and oxygen atoms in total. The van der Waals surface area contributed by atoms with E-state index < -0.39 is 0 Å². The van der Waals surface area contributed by atoms with Crippen molar-refractivity contribution in [3.63, 3.8) is 0 Å². The van der Waals surface area contributed by atoms with Crippen LogP contribution in [0.3, 0.4) is 0 Å². The quantitative estimate of drug-likeness (QED) is 0.841. The predicted octanol–water partition coefficient (Wildman–Crippen LogP) is 1.03. The van der Waals surface area contributed by atoms with Crippen LogP contribution in [0.25, 0.3) is 11.4 Å². The molecule has 0 fully saturated rings. The monoisotopic (exact) mass is 259 g/mol. The van der Waals surface area contributed by atoms with Gasteiger partial charge >= 0.3 is 0 Å². The molecule has 1 aromatic carbocycles. The van der Waals surface area contributed by atoms with Crippen molar-refractivity contribution < 1.29 is 4.79 Å². The van der Waals surface area contributed by atoms with Crippen molar-refractivity contribution in [3.05, 3.63) is 30.6 Å². The maximum Gasteiger partial charge on any atom is 0.225 e. The van der Waals surface area contributed by atoms with Gasteiger partial charge < -0.3 is 15.2 Å². The van der Waals surface area contributed by atoms with Gasteiger partial charge in [0.15, 0.2) is 5.82 Å². The Morgan fingerprint density at radius 2 is 2.05 bits per heavy atom. The van der Waals surface area contributed by atoms with Crippen molar-refractivity contribution in [2.24, 2.45) is 7.05 Å². The fourth-order valence-electron chi connectivity index (χ4n) is 1.71. The van der Waals surface area contributed by atoms with Gasteiger partial charge in [0.2, 0.25) is 5.91 Å². The molecule has 0 atom stereocenters. The topological polar surface area (TPSA) is 71.8 Å². The Labute approximate surface area is 111 Å². The third-order valence-electron chi connectivity index (χ3n) is 2.74. The summed E-state index contributed by atoms with van der Waals surface area (Å²) in [5.41, 5.74) is 1.75. The zero-order valence-electron chi connectivity index (χ0n) is 11.1. The highest BCUT2D eigenvalue weighted by Gasteiger charge is 2.05. The largest absolute Gasteiger partial charge is 0.326 e. The highest BCUT2D eigenvalue weighted by Crippen LogP contribution is 2.18. The Morgan fingerprint density at radius 3 is 2.63 bits per heavy atom. The van der Waals surface area contributed by atoms with E-state index in [0.717, 1.165) is 17.1 Å². The molecule has 0 bridgehead atoms. The van der Waals surface area contributed by atoms with Gasteiger partial charge in [-0.25, -0.2) is 0 Å². The maximum absolute atomic E-state index is 11.6. The molecule has 1 amide bonds. The molecular weight excluding hydrogens is 242 g/mol. The number of rotatable bonds is 5. The van der Waals surface area contributed by atoms with Gasteiger partial charge in [0, 0.05) is 31.3 Å². The molecule has 0 aliphatic rings. The van der Waals surface area contributed by atoms with E-state index >= 15 is 0 Å². The van der Waals surface area contributed by atoms with Crippen molar-refractivity contribution in [2.45, 2.75) is 6.42 Å². The van der Waals surface area contributed by atoms with Crippen LogP contribution >= 0.6 is 0 Å². The van der Waals surface area contributed by atoms with Crippen LogP contribution in [0, 0.1) is 0 Å². The van der Waals surface area contributed by atoms with E-state index in [4.69, 9.17) is 0 Å². The second-order valence-electron chi connectivity index (χ2n) is 4.24. The first-order valence-corrected chi connectivity index (χ1v) is 6.09. The van der Waals surface area contributed by atoms with Crippen LogP contribution < -0.4 is 10.6 Å².